The number of hydrogen-bond donors (Lipinski definition) is 1. The van der Waals surface area contributed by atoms with Crippen molar-refractivity contribution >= 4 is 22.5 Å². The molecule has 0 spiro atoms. The highest BCUT2D eigenvalue weighted by atomic mass is 35.5. The molecule has 2 fully saturated rings. The van der Waals surface area contributed by atoms with E-state index in [4.69, 9.17) is 16.3 Å². The van der Waals surface area contributed by atoms with E-state index in [-0.39, 0.29) is 12.0 Å². The zero-order valence-electron chi connectivity index (χ0n) is 19.9. The highest BCUT2D eigenvalue weighted by Crippen LogP contribution is 2.42. The lowest BCUT2D eigenvalue weighted by Crippen LogP contribution is -2.42. The van der Waals surface area contributed by atoms with Crippen LogP contribution in [-0.4, -0.2) is 48.3 Å². The highest BCUT2D eigenvalue weighted by Gasteiger charge is 2.35. The summed E-state index contributed by atoms with van der Waals surface area (Å²) in [5.41, 5.74) is 0.998. The van der Waals surface area contributed by atoms with Crippen LogP contribution in [0.4, 0.5) is 4.39 Å². The average Bonchev–Trinajstić information content (AvgIpc) is 2.87. The van der Waals surface area contributed by atoms with Gasteiger partial charge in [-0.15, -0.1) is 0 Å². The van der Waals surface area contributed by atoms with Gasteiger partial charge in [0.05, 0.1) is 17.6 Å². The molecular formula is C27H38ClFN2O2. The number of pyridine rings is 1. The van der Waals surface area contributed by atoms with Gasteiger partial charge in [0.15, 0.2) is 0 Å². The lowest BCUT2D eigenvalue weighted by Gasteiger charge is -2.41. The van der Waals surface area contributed by atoms with Crippen molar-refractivity contribution in [2.75, 3.05) is 33.4 Å². The van der Waals surface area contributed by atoms with Gasteiger partial charge in [0.25, 0.3) is 0 Å². The number of halogens is 2. The zero-order valence-corrected chi connectivity index (χ0v) is 20.6. The number of rotatable bonds is 9. The molecule has 0 bridgehead atoms. The number of aliphatic hydroxyl groups excluding tert-OH is 1. The summed E-state index contributed by atoms with van der Waals surface area (Å²) in [6.07, 6.45) is 11.5. The Morgan fingerprint density at radius 1 is 1.24 bits per heavy atom. The molecular weight excluding hydrogens is 439 g/mol. The van der Waals surface area contributed by atoms with Crippen LogP contribution in [0.1, 0.15) is 75.9 Å². The Morgan fingerprint density at radius 2 is 2.00 bits per heavy atom. The second-order valence-corrected chi connectivity index (χ2v) is 10.6. The Hall–Kier alpha value is -1.43. The lowest BCUT2D eigenvalue weighted by atomic mass is 9.74. The third-order valence-corrected chi connectivity index (χ3v) is 8.44. The zero-order chi connectivity index (χ0) is 23.3. The number of aromatic nitrogens is 1. The summed E-state index contributed by atoms with van der Waals surface area (Å²) in [7, 11) is 1.60. The first-order valence-electron chi connectivity index (χ1n) is 12.6. The fourth-order valence-electron chi connectivity index (χ4n) is 5.77. The molecule has 1 saturated heterocycles. The van der Waals surface area contributed by atoms with Gasteiger partial charge in [-0.3, -0.25) is 4.98 Å². The number of likely N-dealkylation sites (tertiary alicyclic amines) is 1. The number of hydrogen-bond acceptors (Lipinski definition) is 4. The van der Waals surface area contributed by atoms with E-state index in [9.17, 15) is 5.11 Å². The summed E-state index contributed by atoms with van der Waals surface area (Å²) in [6.45, 7) is 3.29. The fraction of sp³-hybridized carbons (Fsp3) is 0.667. The largest absolute Gasteiger partial charge is 0.497 e. The van der Waals surface area contributed by atoms with Crippen molar-refractivity contribution in [3.8, 4) is 5.75 Å². The third kappa shape index (κ3) is 5.98. The molecule has 2 heterocycles. The van der Waals surface area contributed by atoms with Crippen LogP contribution >= 0.6 is 11.6 Å². The Kier molecular flexibility index (Phi) is 8.48. The van der Waals surface area contributed by atoms with E-state index in [1.54, 1.807) is 7.11 Å². The van der Waals surface area contributed by atoms with Crippen LogP contribution in [-0.2, 0) is 0 Å². The minimum Gasteiger partial charge on any atom is -0.497 e. The highest BCUT2D eigenvalue weighted by molar-refractivity contribution is 6.32. The van der Waals surface area contributed by atoms with E-state index in [1.807, 2.05) is 18.2 Å². The van der Waals surface area contributed by atoms with Gasteiger partial charge in [-0.2, -0.15) is 0 Å². The summed E-state index contributed by atoms with van der Waals surface area (Å²) >= 11 is 6.40. The van der Waals surface area contributed by atoms with Gasteiger partial charge in [0.2, 0.25) is 0 Å². The van der Waals surface area contributed by atoms with E-state index in [1.165, 1.54) is 51.3 Å². The molecule has 1 N–H and O–H groups in total. The standard InChI is InChI=1S/C27H38ClFN2O2/c1-33-21-7-8-25-22(17-21)26(23(28)18-30-25)24(29)9-11-27(19-32)12-15-31(16-13-27)14-10-20-5-3-2-4-6-20/h7-8,17-18,20,24,32H,2-6,9-16,19H2,1H3. The summed E-state index contributed by atoms with van der Waals surface area (Å²) in [6, 6.07) is 5.46. The first-order chi connectivity index (χ1) is 16.0. The Balaban J connectivity index is 1.35. The molecule has 182 valence electrons. The quantitative estimate of drug-likeness (QED) is 0.435. The number of methoxy groups -OCH3 is 1. The summed E-state index contributed by atoms with van der Waals surface area (Å²) in [5.74, 6) is 1.56. The third-order valence-electron chi connectivity index (χ3n) is 8.14. The Labute approximate surface area is 202 Å². The van der Waals surface area contributed by atoms with E-state index in [2.05, 4.69) is 9.88 Å². The molecule has 6 heteroatoms. The van der Waals surface area contributed by atoms with Gasteiger partial charge in [-0.1, -0.05) is 43.7 Å². The number of fused-ring (bicyclic) bond motifs is 1. The van der Waals surface area contributed by atoms with E-state index >= 15 is 4.39 Å². The minimum absolute atomic E-state index is 0.120. The van der Waals surface area contributed by atoms with Gasteiger partial charge in [-0.05, 0) is 81.3 Å². The van der Waals surface area contributed by atoms with Crippen molar-refractivity contribution in [1.29, 1.82) is 0 Å². The molecule has 4 rings (SSSR count). The summed E-state index contributed by atoms with van der Waals surface area (Å²) < 4.78 is 20.9. The SMILES string of the molecule is COc1ccc2ncc(Cl)c(C(F)CCC3(CO)CCN(CCC4CCCCC4)CC3)c2c1. The maximum atomic E-state index is 15.6. The molecule has 0 amide bonds. The monoisotopic (exact) mass is 476 g/mol. The molecule has 1 aromatic carbocycles. The molecule has 1 aliphatic heterocycles. The normalized spacial score (nSPS) is 20.7. The first-order valence-corrected chi connectivity index (χ1v) is 13.0. The molecule has 0 radical (unpaired) electrons. The maximum absolute atomic E-state index is 15.6. The van der Waals surface area contributed by atoms with Crippen LogP contribution in [0.15, 0.2) is 24.4 Å². The maximum Gasteiger partial charge on any atom is 0.127 e. The molecule has 33 heavy (non-hydrogen) atoms. The van der Waals surface area contributed by atoms with E-state index < -0.39 is 6.17 Å². The van der Waals surface area contributed by atoms with Gasteiger partial charge in [0.1, 0.15) is 11.9 Å². The summed E-state index contributed by atoms with van der Waals surface area (Å²) in [5, 5.41) is 11.3. The van der Waals surface area contributed by atoms with Crippen molar-refractivity contribution in [3.05, 3.63) is 35.0 Å². The van der Waals surface area contributed by atoms with E-state index in [0.29, 0.717) is 40.1 Å². The second kappa shape index (κ2) is 11.3. The summed E-state index contributed by atoms with van der Waals surface area (Å²) in [4.78, 5) is 6.89. The van der Waals surface area contributed by atoms with Gasteiger partial charge >= 0.3 is 0 Å². The molecule has 1 aromatic heterocycles. The second-order valence-electron chi connectivity index (χ2n) is 10.2. The predicted molar refractivity (Wildman–Crippen MR) is 133 cm³/mol. The van der Waals surface area contributed by atoms with Gasteiger partial charge in [0, 0.05) is 23.8 Å². The number of nitrogens with zero attached hydrogens (tertiary/aromatic N) is 2. The van der Waals surface area contributed by atoms with Crippen molar-refractivity contribution in [2.24, 2.45) is 11.3 Å². The van der Waals surface area contributed by atoms with Crippen LogP contribution < -0.4 is 4.74 Å². The Bertz CT molecular complexity index is 910. The van der Waals surface area contributed by atoms with Crippen molar-refractivity contribution < 1.29 is 14.2 Å². The molecule has 1 aliphatic carbocycles. The van der Waals surface area contributed by atoms with E-state index in [0.717, 1.165) is 31.8 Å². The van der Waals surface area contributed by atoms with Crippen molar-refractivity contribution in [3.63, 3.8) is 0 Å². The number of ether oxygens (including phenoxy) is 1. The molecule has 1 unspecified atom stereocenters. The Morgan fingerprint density at radius 3 is 2.70 bits per heavy atom. The molecule has 2 aliphatic rings. The van der Waals surface area contributed by atoms with Gasteiger partial charge in [-0.25, -0.2) is 4.39 Å². The van der Waals surface area contributed by atoms with Crippen LogP contribution in [0.2, 0.25) is 5.02 Å². The van der Waals surface area contributed by atoms with Crippen LogP contribution in [0, 0.1) is 11.3 Å². The van der Waals surface area contributed by atoms with Crippen LogP contribution in [0.25, 0.3) is 10.9 Å². The first kappa shape index (κ1) is 24.7. The minimum atomic E-state index is -1.21. The predicted octanol–water partition coefficient (Wildman–Crippen LogP) is 6.73. The average molecular weight is 477 g/mol. The topological polar surface area (TPSA) is 45.6 Å². The smallest absolute Gasteiger partial charge is 0.127 e. The van der Waals surface area contributed by atoms with Crippen molar-refractivity contribution in [1.82, 2.24) is 9.88 Å². The van der Waals surface area contributed by atoms with Crippen LogP contribution in [0.5, 0.6) is 5.75 Å². The fourth-order valence-corrected chi connectivity index (χ4v) is 6.04. The van der Waals surface area contributed by atoms with Crippen molar-refractivity contribution in [2.45, 2.75) is 70.4 Å². The van der Waals surface area contributed by atoms with Crippen LogP contribution in [0.3, 0.4) is 0 Å². The molecule has 1 atom stereocenters. The molecule has 2 aromatic rings. The number of piperidine rings is 1. The number of alkyl halides is 1. The number of aliphatic hydroxyl groups is 1. The molecule has 4 nitrogen and oxygen atoms in total. The number of benzene rings is 1. The van der Waals surface area contributed by atoms with Gasteiger partial charge < -0.3 is 14.7 Å². The molecule has 1 saturated carbocycles. The lowest BCUT2D eigenvalue weighted by molar-refractivity contribution is 0.0281.